The van der Waals surface area contributed by atoms with Gasteiger partial charge in [0.15, 0.2) is 0 Å². The van der Waals surface area contributed by atoms with Gasteiger partial charge in [0.25, 0.3) is 5.91 Å². The van der Waals surface area contributed by atoms with Gasteiger partial charge in [-0.15, -0.1) is 0 Å². The number of amides is 1. The van der Waals surface area contributed by atoms with Crippen LogP contribution in [0.25, 0.3) is 0 Å². The monoisotopic (exact) mass is 224 g/mol. The average Bonchev–Trinajstić information content (AvgIpc) is 2.91. The minimum atomic E-state index is -0.0177. The van der Waals surface area contributed by atoms with E-state index in [-0.39, 0.29) is 5.91 Å². The van der Waals surface area contributed by atoms with Crippen LogP contribution in [0, 0.1) is 5.92 Å². The molecular weight excluding hydrogens is 208 g/mol. The average molecular weight is 224 g/mol. The minimum absolute atomic E-state index is 0.0177. The number of hydrogen-bond acceptors (Lipinski definition) is 4. The van der Waals surface area contributed by atoms with E-state index in [1.807, 2.05) is 4.90 Å². The number of hydrogen-bond donors (Lipinski definition) is 1. The van der Waals surface area contributed by atoms with Crippen molar-refractivity contribution in [3.63, 3.8) is 0 Å². The largest absolute Gasteiger partial charge is 0.494 e. The third-order valence-electron chi connectivity index (χ3n) is 3.57. The normalized spacial score (nSPS) is 32.8. The van der Waals surface area contributed by atoms with Crippen LogP contribution in [0.4, 0.5) is 0 Å². The fraction of sp³-hybridized carbons (Fsp3) is 0.727. The van der Waals surface area contributed by atoms with Crippen LogP contribution in [-0.2, 0) is 14.3 Å². The zero-order valence-corrected chi connectivity index (χ0v) is 9.15. The molecule has 3 heterocycles. The van der Waals surface area contributed by atoms with Crippen molar-refractivity contribution < 1.29 is 14.3 Å². The summed E-state index contributed by atoms with van der Waals surface area (Å²) in [4.78, 5) is 14.1. The maximum atomic E-state index is 12.2. The molecule has 5 heteroatoms. The number of carbonyl (C=O) groups is 1. The molecule has 2 fully saturated rings. The SMILES string of the molecule is O=C(C1=COCCO1)N1CC[C@H]2CNC[C@H]21. The highest BCUT2D eigenvalue weighted by Crippen LogP contribution is 2.28. The highest BCUT2D eigenvalue weighted by Gasteiger charge is 2.41. The first kappa shape index (κ1) is 9.96. The molecule has 2 atom stereocenters. The lowest BCUT2D eigenvalue weighted by atomic mass is 10.1. The van der Waals surface area contributed by atoms with E-state index in [1.165, 1.54) is 6.26 Å². The summed E-state index contributed by atoms with van der Waals surface area (Å²) in [6.45, 7) is 3.79. The molecule has 0 aliphatic carbocycles. The Morgan fingerprint density at radius 1 is 1.44 bits per heavy atom. The van der Waals surface area contributed by atoms with Gasteiger partial charge in [0.2, 0.25) is 5.76 Å². The van der Waals surface area contributed by atoms with Crippen LogP contribution < -0.4 is 5.32 Å². The van der Waals surface area contributed by atoms with Gasteiger partial charge in [-0.3, -0.25) is 4.79 Å². The van der Waals surface area contributed by atoms with Crippen LogP contribution in [0.15, 0.2) is 12.0 Å². The van der Waals surface area contributed by atoms with E-state index >= 15 is 0 Å². The van der Waals surface area contributed by atoms with Crippen molar-refractivity contribution >= 4 is 5.91 Å². The fourth-order valence-corrected chi connectivity index (χ4v) is 2.72. The molecule has 0 saturated carbocycles. The maximum Gasteiger partial charge on any atom is 0.292 e. The molecule has 3 rings (SSSR count). The van der Waals surface area contributed by atoms with E-state index in [0.717, 1.165) is 26.1 Å². The predicted octanol–water partition coefficient (Wildman–Crippen LogP) is -0.305. The topological polar surface area (TPSA) is 50.8 Å². The summed E-state index contributed by atoms with van der Waals surface area (Å²) in [6.07, 6.45) is 2.54. The molecule has 0 aromatic heterocycles. The quantitative estimate of drug-likeness (QED) is 0.664. The molecule has 0 spiro atoms. The smallest absolute Gasteiger partial charge is 0.292 e. The van der Waals surface area contributed by atoms with Crippen molar-refractivity contribution in [2.75, 3.05) is 32.8 Å². The van der Waals surface area contributed by atoms with Gasteiger partial charge in [-0.25, -0.2) is 0 Å². The van der Waals surface area contributed by atoms with Gasteiger partial charge in [-0.1, -0.05) is 0 Å². The van der Waals surface area contributed by atoms with E-state index in [4.69, 9.17) is 9.47 Å². The Morgan fingerprint density at radius 3 is 3.19 bits per heavy atom. The van der Waals surface area contributed by atoms with Crippen LogP contribution in [-0.4, -0.2) is 49.7 Å². The van der Waals surface area contributed by atoms with Gasteiger partial charge in [0.05, 0.1) is 0 Å². The summed E-state index contributed by atoms with van der Waals surface area (Å²) in [5.41, 5.74) is 0. The second-order valence-electron chi connectivity index (χ2n) is 4.47. The van der Waals surface area contributed by atoms with Gasteiger partial charge in [-0.2, -0.15) is 0 Å². The molecule has 0 bridgehead atoms. The number of nitrogens with one attached hydrogen (secondary N) is 1. The molecule has 3 aliphatic heterocycles. The summed E-state index contributed by atoms with van der Waals surface area (Å²) >= 11 is 0. The third kappa shape index (κ3) is 1.55. The first-order valence-electron chi connectivity index (χ1n) is 5.82. The van der Waals surface area contributed by atoms with Crippen LogP contribution in [0.3, 0.4) is 0 Å². The summed E-state index contributed by atoms with van der Waals surface area (Å²) in [6, 6.07) is 0.346. The highest BCUT2D eigenvalue weighted by atomic mass is 16.6. The van der Waals surface area contributed by atoms with E-state index in [2.05, 4.69) is 5.32 Å². The lowest BCUT2D eigenvalue weighted by Crippen LogP contribution is -2.40. The number of carbonyl (C=O) groups excluding carboxylic acids is 1. The van der Waals surface area contributed by atoms with Crippen molar-refractivity contribution in [3.8, 4) is 0 Å². The van der Waals surface area contributed by atoms with Crippen molar-refractivity contribution in [1.29, 1.82) is 0 Å². The molecule has 3 aliphatic rings. The summed E-state index contributed by atoms with van der Waals surface area (Å²) < 4.78 is 10.4. The summed E-state index contributed by atoms with van der Waals surface area (Å²) in [7, 11) is 0. The number of nitrogens with zero attached hydrogens (tertiary/aromatic N) is 1. The van der Waals surface area contributed by atoms with Crippen LogP contribution >= 0.6 is 0 Å². The molecule has 5 nitrogen and oxygen atoms in total. The molecular formula is C11H16N2O3. The Morgan fingerprint density at radius 2 is 2.38 bits per heavy atom. The predicted molar refractivity (Wildman–Crippen MR) is 56.5 cm³/mol. The Hall–Kier alpha value is -1.23. The van der Waals surface area contributed by atoms with E-state index in [9.17, 15) is 4.79 Å². The van der Waals surface area contributed by atoms with Gasteiger partial charge in [-0.05, 0) is 12.3 Å². The van der Waals surface area contributed by atoms with E-state index < -0.39 is 0 Å². The molecule has 1 N–H and O–H groups in total. The highest BCUT2D eigenvalue weighted by molar-refractivity contribution is 5.91. The van der Waals surface area contributed by atoms with Crippen molar-refractivity contribution in [1.82, 2.24) is 10.2 Å². The van der Waals surface area contributed by atoms with E-state index in [0.29, 0.717) is 30.9 Å². The van der Waals surface area contributed by atoms with Crippen LogP contribution in [0.1, 0.15) is 6.42 Å². The second-order valence-corrected chi connectivity index (χ2v) is 4.47. The molecule has 88 valence electrons. The first-order valence-corrected chi connectivity index (χ1v) is 5.82. The summed E-state index contributed by atoms with van der Waals surface area (Å²) in [5, 5.41) is 3.33. The van der Waals surface area contributed by atoms with Crippen molar-refractivity contribution in [2.24, 2.45) is 5.92 Å². The molecule has 0 radical (unpaired) electrons. The number of fused-ring (bicyclic) bond motifs is 1. The van der Waals surface area contributed by atoms with Gasteiger partial charge >= 0.3 is 0 Å². The Kier molecular flexibility index (Phi) is 2.47. The standard InChI is InChI=1S/C11H16N2O3/c14-11(10-7-15-3-4-16-10)13-2-1-8-5-12-6-9(8)13/h7-9,12H,1-6H2/t8-,9+/m0/s1. The molecule has 2 saturated heterocycles. The molecule has 0 aromatic carbocycles. The van der Waals surface area contributed by atoms with Gasteiger partial charge < -0.3 is 19.7 Å². The van der Waals surface area contributed by atoms with Crippen LogP contribution in [0.2, 0.25) is 0 Å². The first-order chi connectivity index (χ1) is 7.86. The molecule has 0 unspecified atom stereocenters. The number of ether oxygens (including phenoxy) is 2. The lowest BCUT2D eigenvalue weighted by Gasteiger charge is -2.25. The van der Waals surface area contributed by atoms with Crippen LogP contribution in [0.5, 0.6) is 0 Å². The second kappa shape index (κ2) is 3.97. The molecule has 16 heavy (non-hydrogen) atoms. The van der Waals surface area contributed by atoms with Crippen molar-refractivity contribution in [3.05, 3.63) is 12.0 Å². The summed E-state index contributed by atoms with van der Waals surface area (Å²) in [5.74, 6) is 0.962. The maximum absolute atomic E-state index is 12.2. The molecule has 1 amide bonds. The zero-order chi connectivity index (χ0) is 11.0. The minimum Gasteiger partial charge on any atom is -0.494 e. The fourth-order valence-electron chi connectivity index (χ4n) is 2.72. The lowest BCUT2D eigenvalue weighted by molar-refractivity contribution is -0.133. The van der Waals surface area contributed by atoms with Gasteiger partial charge in [0, 0.05) is 25.7 Å². The number of likely N-dealkylation sites (tertiary alicyclic amines) is 1. The Labute approximate surface area is 94.4 Å². The van der Waals surface area contributed by atoms with E-state index in [1.54, 1.807) is 0 Å². The Balaban J connectivity index is 1.72. The molecule has 0 aromatic rings. The Bertz CT molecular complexity index is 329. The van der Waals surface area contributed by atoms with Gasteiger partial charge in [0.1, 0.15) is 19.5 Å². The third-order valence-corrected chi connectivity index (χ3v) is 3.57. The number of rotatable bonds is 1. The zero-order valence-electron chi connectivity index (χ0n) is 9.15. The van der Waals surface area contributed by atoms with Crippen molar-refractivity contribution in [2.45, 2.75) is 12.5 Å².